The quantitative estimate of drug-likeness (QED) is 0.582. The molecule has 0 amide bonds. The van der Waals surface area contributed by atoms with Crippen LogP contribution in [0.4, 0.5) is 0 Å². The Bertz CT molecular complexity index is 201. The van der Waals surface area contributed by atoms with Gasteiger partial charge >= 0.3 is 0 Å². The topological polar surface area (TPSA) is 49.8 Å². The Balaban J connectivity index is 2.41. The molecule has 1 rings (SSSR count). The summed E-state index contributed by atoms with van der Waals surface area (Å²) in [4.78, 5) is 0. The second-order valence-corrected chi connectivity index (χ2v) is 2.17. The van der Waals surface area contributed by atoms with Crippen molar-refractivity contribution in [2.75, 3.05) is 0 Å². The first-order valence-electron chi connectivity index (χ1n) is 2.32. The highest BCUT2D eigenvalue weighted by Crippen LogP contribution is 2.08. The Morgan fingerprint density at radius 1 is 1.89 bits per heavy atom. The van der Waals surface area contributed by atoms with E-state index in [-0.39, 0.29) is 0 Å². The van der Waals surface area contributed by atoms with Gasteiger partial charge in [0.1, 0.15) is 11.7 Å². The van der Waals surface area contributed by atoms with Crippen LogP contribution in [0.3, 0.4) is 0 Å². The van der Waals surface area contributed by atoms with E-state index in [2.05, 4.69) is 9.68 Å². The van der Waals surface area contributed by atoms with Gasteiger partial charge in [-0.1, -0.05) is 5.16 Å². The van der Waals surface area contributed by atoms with Gasteiger partial charge in [-0.2, -0.15) is 5.26 Å². The van der Waals surface area contributed by atoms with Gasteiger partial charge in [-0.25, -0.2) is 0 Å². The highest BCUT2D eigenvalue weighted by Gasteiger charge is 1.92. The monoisotopic (exact) mass is 140 g/mol. The van der Waals surface area contributed by atoms with E-state index in [1.165, 1.54) is 18.0 Å². The van der Waals surface area contributed by atoms with E-state index < -0.39 is 0 Å². The van der Waals surface area contributed by atoms with Crippen LogP contribution in [0.2, 0.25) is 0 Å². The van der Waals surface area contributed by atoms with Gasteiger partial charge in [-0.3, -0.25) is 0 Å². The first-order valence-corrected chi connectivity index (χ1v) is 3.31. The van der Waals surface area contributed by atoms with Gasteiger partial charge in [0.2, 0.25) is 0 Å². The Morgan fingerprint density at radius 2 is 2.78 bits per heavy atom. The molecule has 0 saturated carbocycles. The van der Waals surface area contributed by atoms with E-state index in [1.54, 1.807) is 6.20 Å². The lowest BCUT2D eigenvalue weighted by atomic mass is 10.4. The van der Waals surface area contributed by atoms with Crippen LogP contribution in [0.25, 0.3) is 0 Å². The fourth-order valence-electron chi connectivity index (χ4n) is 0.414. The van der Waals surface area contributed by atoms with E-state index in [0.29, 0.717) is 5.75 Å². The lowest BCUT2D eigenvalue weighted by Crippen LogP contribution is -1.69. The van der Waals surface area contributed by atoms with E-state index >= 15 is 0 Å². The summed E-state index contributed by atoms with van der Waals surface area (Å²) in [6.07, 6.45) is 3.13. The highest BCUT2D eigenvalue weighted by molar-refractivity contribution is 8.02. The van der Waals surface area contributed by atoms with Crippen molar-refractivity contribution in [2.24, 2.45) is 0 Å². The van der Waals surface area contributed by atoms with Gasteiger partial charge in [0.15, 0.2) is 0 Å². The van der Waals surface area contributed by atoms with Crippen molar-refractivity contribution in [3.8, 4) is 5.40 Å². The molecule has 1 heterocycles. The largest absolute Gasteiger partial charge is 0.364 e. The predicted octanol–water partition coefficient (Wildman–Crippen LogP) is 1.39. The average molecular weight is 140 g/mol. The molecule has 9 heavy (non-hydrogen) atoms. The maximum Gasteiger partial charge on any atom is 0.133 e. The van der Waals surface area contributed by atoms with Crippen molar-refractivity contribution < 1.29 is 4.52 Å². The third kappa shape index (κ3) is 1.78. The second-order valence-electron chi connectivity index (χ2n) is 1.41. The highest BCUT2D eigenvalue weighted by atomic mass is 32.2. The summed E-state index contributed by atoms with van der Waals surface area (Å²) in [6, 6.07) is 0. The van der Waals surface area contributed by atoms with Gasteiger partial charge in [0, 0.05) is 11.3 Å². The summed E-state index contributed by atoms with van der Waals surface area (Å²) in [7, 11) is 0. The van der Waals surface area contributed by atoms with Crippen LogP contribution in [0.1, 0.15) is 5.56 Å². The fraction of sp³-hybridized carbons (Fsp3) is 0.200. The molecule has 0 aliphatic heterocycles. The van der Waals surface area contributed by atoms with Crippen LogP contribution in [-0.4, -0.2) is 5.16 Å². The third-order valence-corrected chi connectivity index (χ3v) is 1.39. The number of hydrogen-bond donors (Lipinski definition) is 0. The number of thiocyanates is 1. The molecule has 0 saturated heterocycles. The maximum atomic E-state index is 8.13. The first kappa shape index (κ1) is 6.17. The molecule has 0 N–H and O–H groups in total. The van der Waals surface area contributed by atoms with Crippen LogP contribution in [-0.2, 0) is 5.75 Å². The van der Waals surface area contributed by atoms with Crippen molar-refractivity contribution in [3.05, 3.63) is 18.0 Å². The molecule has 0 aromatic carbocycles. The molecule has 0 spiro atoms. The lowest BCUT2D eigenvalue weighted by Gasteiger charge is -1.80. The third-order valence-electron chi connectivity index (χ3n) is 0.787. The average Bonchev–Trinajstić information content (AvgIpc) is 2.34. The van der Waals surface area contributed by atoms with Crippen molar-refractivity contribution in [2.45, 2.75) is 5.75 Å². The molecule has 0 fully saturated rings. The molecular weight excluding hydrogens is 136 g/mol. The van der Waals surface area contributed by atoms with Crippen molar-refractivity contribution in [1.29, 1.82) is 5.26 Å². The molecule has 1 aromatic rings. The second kappa shape index (κ2) is 3.15. The lowest BCUT2D eigenvalue weighted by molar-refractivity contribution is 0.419. The van der Waals surface area contributed by atoms with Crippen LogP contribution >= 0.6 is 11.8 Å². The molecule has 0 unspecified atom stereocenters. The summed E-state index contributed by atoms with van der Waals surface area (Å²) < 4.78 is 4.54. The molecule has 3 nitrogen and oxygen atoms in total. The van der Waals surface area contributed by atoms with Crippen molar-refractivity contribution >= 4 is 11.8 Å². The molecule has 0 aliphatic rings. The number of thioether (sulfide) groups is 1. The Labute approximate surface area is 56.6 Å². The van der Waals surface area contributed by atoms with Crippen LogP contribution in [0.5, 0.6) is 0 Å². The van der Waals surface area contributed by atoms with Crippen molar-refractivity contribution in [1.82, 2.24) is 5.16 Å². The number of nitrogens with zero attached hydrogens (tertiary/aromatic N) is 2. The predicted molar refractivity (Wildman–Crippen MR) is 33.4 cm³/mol. The minimum absolute atomic E-state index is 0.653. The van der Waals surface area contributed by atoms with Crippen LogP contribution in [0, 0.1) is 10.7 Å². The molecular formula is C5H4N2OS. The zero-order chi connectivity index (χ0) is 6.53. The molecule has 0 atom stereocenters. The summed E-state index contributed by atoms with van der Waals surface area (Å²) in [5.74, 6) is 0.653. The summed E-state index contributed by atoms with van der Waals surface area (Å²) in [5.41, 5.74) is 0.946. The molecule has 4 heteroatoms. The minimum Gasteiger partial charge on any atom is -0.364 e. The summed E-state index contributed by atoms with van der Waals surface area (Å²) in [6.45, 7) is 0. The number of aromatic nitrogens is 1. The van der Waals surface area contributed by atoms with E-state index in [0.717, 1.165) is 5.56 Å². The molecule has 0 radical (unpaired) electrons. The standard InChI is InChI=1S/C5H4N2OS/c6-4-9-3-5-1-7-8-2-5/h1-2H,3H2. The normalized spacial score (nSPS) is 8.78. The summed E-state index contributed by atoms with van der Waals surface area (Å²) >= 11 is 1.17. The zero-order valence-corrected chi connectivity index (χ0v) is 5.39. The van der Waals surface area contributed by atoms with Gasteiger partial charge in [0.05, 0.1) is 6.20 Å². The summed E-state index contributed by atoms with van der Waals surface area (Å²) in [5, 5.41) is 13.6. The number of hydrogen-bond acceptors (Lipinski definition) is 4. The van der Waals surface area contributed by atoms with Gasteiger partial charge in [-0.05, 0) is 11.8 Å². The number of nitriles is 1. The molecule has 0 bridgehead atoms. The Hall–Kier alpha value is -0.950. The van der Waals surface area contributed by atoms with E-state index in [1.807, 2.05) is 5.40 Å². The fourth-order valence-corrected chi connectivity index (χ4v) is 0.787. The zero-order valence-electron chi connectivity index (χ0n) is 4.57. The maximum absolute atomic E-state index is 8.13. The number of rotatable bonds is 2. The van der Waals surface area contributed by atoms with E-state index in [4.69, 9.17) is 5.26 Å². The Morgan fingerprint density at radius 3 is 3.33 bits per heavy atom. The SMILES string of the molecule is N#CSCc1cnoc1. The van der Waals surface area contributed by atoms with Gasteiger partial charge < -0.3 is 4.52 Å². The van der Waals surface area contributed by atoms with Crippen LogP contribution in [0.15, 0.2) is 17.0 Å². The van der Waals surface area contributed by atoms with Crippen molar-refractivity contribution in [3.63, 3.8) is 0 Å². The molecule has 0 aliphatic carbocycles. The van der Waals surface area contributed by atoms with Crippen LogP contribution < -0.4 is 0 Å². The molecule has 46 valence electrons. The smallest absolute Gasteiger partial charge is 0.133 e. The first-order chi connectivity index (χ1) is 4.43. The Kier molecular flexibility index (Phi) is 2.16. The van der Waals surface area contributed by atoms with Gasteiger partial charge in [-0.15, -0.1) is 0 Å². The molecule has 1 aromatic heterocycles. The minimum atomic E-state index is 0.653. The van der Waals surface area contributed by atoms with Gasteiger partial charge in [0.25, 0.3) is 0 Å². The van der Waals surface area contributed by atoms with E-state index in [9.17, 15) is 0 Å².